The van der Waals surface area contributed by atoms with Crippen LogP contribution in [0.4, 0.5) is 13.2 Å². The lowest BCUT2D eigenvalue weighted by molar-refractivity contribution is -0.144. The molecular weight excluding hydrogens is 435 g/mol. The van der Waals surface area contributed by atoms with Crippen LogP contribution in [-0.2, 0) is 22.9 Å². The van der Waals surface area contributed by atoms with Crippen LogP contribution < -0.4 is 0 Å². The van der Waals surface area contributed by atoms with Gasteiger partial charge < -0.3 is 5.11 Å². The summed E-state index contributed by atoms with van der Waals surface area (Å²) in [6, 6.07) is 2.28. The number of hydrogen-bond acceptors (Lipinski definition) is 6. The third kappa shape index (κ3) is 5.28. The van der Waals surface area contributed by atoms with E-state index in [0.29, 0.717) is 6.54 Å². The quantitative estimate of drug-likeness (QED) is 0.648. The highest BCUT2D eigenvalue weighted by atomic mass is 35.5. The molecule has 2 rings (SSSR count). The fraction of sp³-hybridized carbons (Fsp3) is 0.412. The van der Waals surface area contributed by atoms with Gasteiger partial charge in [-0.25, -0.2) is 13.1 Å². The molecule has 1 heterocycles. The van der Waals surface area contributed by atoms with Crippen LogP contribution in [0.3, 0.4) is 0 Å². The number of sulfone groups is 1. The molecule has 0 aliphatic rings. The number of ketones is 1. The van der Waals surface area contributed by atoms with Crippen molar-refractivity contribution in [2.24, 2.45) is 0 Å². The van der Waals surface area contributed by atoms with Crippen LogP contribution in [0.5, 0.6) is 5.88 Å². The smallest absolute Gasteiger partial charge is 0.401 e. The first kappa shape index (κ1) is 23.2. The van der Waals surface area contributed by atoms with Gasteiger partial charge in [0.05, 0.1) is 22.7 Å². The normalized spacial score (nSPS) is 12.6. The van der Waals surface area contributed by atoms with Gasteiger partial charge in [0.25, 0.3) is 0 Å². The van der Waals surface area contributed by atoms with Crippen molar-refractivity contribution in [3.8, 4) is 5.88 Å². The van der Waals surface area contributed by atoms with E-state index in [0.717, 1.165) is 36.5 Å². The zero-order valence-corrected chi connectivity index (χ0v) is 17.4. The van der Waals surface area contributed by atoms with Gasteiger partial charge in [-0.1, -0.05) is 11.6 Å². The van der Waals surface area contributed by atoms with Gasteiger partial charge in [-0.05, 0) is 26.1 Å². The highest BCUT2D eigenvalue weighted by Crippen LogP contribution is 2.32. The van der Waals surface area contributed by atoms with E-state index in [2.05, 4.69) is 5.10 Å². The summed E-state index contributed by atoms with van der Waals surface area (Å²) in [7, 11) is -2.68. The molecule has 1 N–H and O–H groups in total. The number of hydrogen-bond donors (Lipinski definition) is 1. The summed E-state index contributed by atoms with van der Waals surface area (Å²) in [4.78, 5) is 13.4. The average molecular weight is 454 g/mol. The number of halogens is 4. The average Bonchev–Trinajstić information content (AvgIpc) is 2.94. The minimum Gasteiger partial charge on any atom is -0.493 e. The second-order valence-corrected chi connectivity index (χ2v) is 8.85. The molecule has 12 heteroatoms. The third-order valence-electron chi connectivity index (χ3n) is 4.08. The number of carbonyl (C=O) groups is 1. The van der Waals surface area contributed by atoms with Gasteiger partial charge in [0, 0.05) is 30.5 Å². The van der Waals surface area contributed by atoms with Gasteiger partial charge in [0.2, 0.25) is 11.7 Å². The molecule has 0 aliphatic heterocycles. The maximum atomic E-state index is 12.8. The molecule has 0 saturated carbocycles. The number of aryl methyl sites for hydroxylation is 1. The van der Waals surface area contributed by atoms with Gasteiger partial charge in [-0.2, -0.15) is 18.3 Å². The van der Waals surface area contributed by atoms with Crippen molar-refractivity contribution in [2.45, 2.75) is 31.1 Å². The molecule has 0 unspecified atom stereocenters. The molecule has 7 nitrogen and oxygen atoms in total. The van der Waals surface area contributed by atoms with Crippen LogP contribution in [0.2, 0.25) is 5.02 Å². The fourth-order valence-electron chi connectivity index (χ4n) is 2.82. The van der Waals surface area contributed by atoms with Crippen molar-refractivity contribution in [1.82, 2.24) is 14.7 Å². The standard InChI is InChI=1S/C17H19ClF3N3O4S/c1-4-24-16(26)11(7-22-24)15(25)10-5-6-13(29(3,27)28)12(14(10)18)8-23(2)9-17(19,20)21/h5-7,26H,4,8-9H2,1-3H3. The number of alkyl halides is 3. The van der Waals surface area contributed by atoms with E-state index in [9.17, 15) is 31.5 Å². The van der Waals surface area contributed by atoms with Gasteiger partial charge >= 0.3 is 6.18 Å². The first-order chi connectivity index (χ1) is 13.3. The molecule has 1 aromatic heterocycles. The summed E-state index contributed by atoms with van der Waals surface area (Å²) in [5.74, 6) is -1.12. The highest BCUT2D eigenvalue weighted by Gasteiger charge is 2.31. The maximum absolute atomic E-state index is 12.8. The van der Waals surface area contributed by atoms with Crippen molar-refractivity contribution in [1.29, 1.82) is 0 Å². The third-order valence-corrected chi connectivity index (χ3v) is 5.69. The van der Waals surface area contributed by atoms with E-state index < -0.39 is 40.8 Å². The molecule has 1 aromatic carbocycles. The first-order valence-corrected chi connectivity index (χ1v) is 10.6. The van der Waals surface area contributed by atoms with Crippen molar-refractivity contribution < 1.29 is 31.5 Å². The maximum Gasteiger partial charge on any atom is 0.401 e. The van der Waals surface area contributed by atoms with Gasteiger partial charge in [-0.3, -0.25) is 9.69 Å². The fourth-order valence-corrected chi connectivity index (χ4v) is 4.12. The topological polar surface area (TPSA) is 92.5 Å². The molecule has 29 heavy (non-hydrogen) atoms. The van der Waals surface area contributed by atoms with Crippen molar-refractivity contribution in [3.63, 3.8) is 0 Å². The number of benzene rings is 1. The van der Waals surface area contributed by atoms with E-state index in [-0.39, 0.29) is 26.6 Å². The van der Waals surface area contributed by atoms with Crippen LogP contribution in [0.1, 0.15) is 28.4 Å². The highest BCUT2D eigenvalue weighted by molar-refractivity contribution is 7.90. The molecule has 0 spiro atoms. The van der Waals surface area contributed by atoms with E-state index >= 15 is 0 Å². The van der Waals surface area contributed by atoms with Crippen LogP contribution in [0.25, 0.3) is 0 Å². The van der Waals surface area contributed by atoms with Crippen molar-refractivity contribution >= 4 is 27.2 Å². The monoisotopic (exact) mass is 453 g/mol. The number of aromatic hydroxyl groups is 1. The molecule has 160 valence electrons. The zero-order valence-electron chi connectivity index (χ0n) is 15.8. The summed E-state index contributed by atoms with van der Waals surface area (Å²) in [6.45, 7) is 0.244. The SMILES string of the molecule is CCn1ncc(C(=O)c2ccc(S(C)(=O)=O)c(CN(C)CC(F)(F)F)c2Cl)c1O. The summed E-state index contributed by atoms with van der Waals surface area (Å²) in [6.07, 6.45) is -2.47. The van der Waals surface area contributed by atoms with Crippen LogP contribution >= 0.6 is 11.6 Å². The minimum absolute atomic E-state index is 0.130. The van der Waals surface area contributed by atoms with E-state index in [1.165, 1.54) is 4.68 Å². The Labute approximate surface area is 170 Å². The predicted octanol–water partition coefficient (Wildman–Crippen LogP) is 2.89. The Morgan fingerprint density at radius 2 is 1.93 bits per heavy atom. The molecule has 2 aromatic rings. The molecule has 0 atom stereocenters. The van der Waals surface area contributed by atoms with Crippen LogP contribution in [0.15, 0.2) is 23.2 Å². The Kier molecular flexibility index (Phi) is 6.65. The predicted molar refractivity (Wildman–Crippen MR) is 99.9 cm³/mol. The number of carbonyl (C=O) groups excluding carboxylic acids is 1. The Morgan fingerprint density at radius 3 is 2.41 bits per heavy atom. The van der Waals surface area contributed by atoms with E-state index in [4.69, 9.17) is 11.6 Å². The van der Waals surface area contributed by atoms with Crippen molar-refractivity contribution in [3.05, 3.63) is 40.0 Å². The molecule has 0 radical (unpaired) electrons. The molecule has 0 saturated heterocycles. The number of rotatable bonds is 7. The van der Waals surface area contributed by atoms with Gasteiger partial charge in [0.15, 0.2) is 9.84 Å². The Morgan fingerprint density at radius 1 is 1.31 bits per heavy atom. The molecular formula is C17H19ClF3N3O4S. The van der Waals surface area contributed by atoms with Crippen LogP contribution in [-0.4, -0.2) is 60.0 Å². The Balaban J connectivity index is 2.56. The molecule has 0 bridgehead atoms. The number of nitrogens with zero attached hydrogens (tertiary/aromatic N) is 3. The largest absolute Gasteiger partial charge is 0.493 e. The summed E-state index contributed by atoms with van der Waals surface area (Å²) < 4.78 is 63.3. The summed E-state index contributed by atoms with van der Waals surface area (Å²) >= 11 is 6.27. The number of aromatic nitrogens is 2. The first-order valence-electron chi connectivity index (χ1n) is 8.32. The Bertz CT molecular complexity index is 1040. The van der Waals surface area contributed by atoms with Crippen molar-refractivity contribution in [2.75, 3.05) is 19.8 Å². The Hall–Kier alpha value is -2.11. The summed E-state index contributed by atoms with van der Waals surface area (Å²) in [5, 5.41) is 13.6. The molecule has 0 fully saturated rings. The minimum atomic E-state index is -4.50. The summed E-state index contributed by atoms with van der Waals surface area (Å²) in [5.41, 5.74) is -0.440. The zero-order chi connectivity index (χ0) is 22.1. The van der Waals surface area contributed by atoms with E-state index in [1.54, 1.807) is 6.92 Å². The van der Waals surface area contributed by atoms with Crippen LogP contribution in [0, 0.1) is 0 Å². The second kappa shape index (κ2) is 8.33. The lowest BCUT2D eigenvalue weighted by atomic mass is 10.0. The van der Waals surface area contributed by atoms with Gasteiger partial charge in [-0.15, -0.1) is 0 Å². The lowest BCUT2D eigenvalue weighted by Crippen LogP contribution is -2.31. The molecule has 0 aliphatic carbocycles. The lowest BCUT2D eigenvalue weighted by Gasteiger charge is -2.21. The second-order valence-electron chi connectivity index (χ2n) is 6.49. The van der Waals surface area contributed by atoms with E-state index in [1.807, 2.05) is 0 Å². The molecule has 0 amide bonds. The van der Waals surface area contributed by atoms with Gasteiger partial charge in [0.1, 0.15) is 5.56 Å².